The molecule has 2 nitrogen and oxygen atoms in total. The zero-order chi connectivity index (χ0) is 11.1. The lowest BCUT2D eigenvalue weighted by Crippen LogP contribution is -2.30. The first-order chi connectivity index (χ1) is 7.22. The van der Waals surface area contributed by atoms with Crippen LogP contribution >= 0.6 is 0 Å². The van der Waals surface area contributed by atoms with Gasteiger partial charge in [0.25, 0.3) is 0 Å². The molecule has 1 rings (SSSR count). The van der Waals surface area contributed by atoms with Crippen LogP contribution in [-0.4, -0.2) is 24.8 Å². The summed E-state index contributed by atoms with van der Waals surface area (Å²) in [6, 6.07) is 0. The number of hydrogen-bond acceptors (Lipinski definition) is 2. The first-order valence-electron chi connectivity index (χ1n) is 6.54. The number of aliphatic hydroxyl groups excluding tert-OH is 1. The first kappa shape index (κ1) is 13.0. The van der Waals surface area contributed by atoms with Crippen LogP contribution in [0.15, 0.2) is 0 Å². The molecule has 0 bridgehead atoms. The Labute approximate surface area is 94.5 Å². The molecule has 0 spiro atoms. The van der Waals surface area contributed by atoms with Crippen molar-refractivity contribution >= 4 is 0 Å². The largest absolute Gasteiger partial charge is 0.396 e. The summed E-state index contributed by atoms with van der Waals surface area (Å²) in [5.74, 6) is 2.44. The molecule has 1 saturated carbocycles. The molecule has 0 aromatic heterocycles. The van der Waals surface area contributed by atoms with Gasteiger partial charge in [-0.3, -0.25) is 0 Å². The normalized spacial score (nSPS) is 29.0. The third-order valence-electron chi connectivity index (χ3n) is 3.59. The van der Waals surface area contributed by atoms with Crippen molar-refractivity contribution in [1.29, 1.82) is 0 Å². The van der Waals surface area contributed by atoms with E-state index in [-0.39, 0.29) is 0 Å². The number of hydrogen-bond donors (Lipinski definition) is 2. The summed E-state index contributed by atoms with van der Waals surface area (Å²) < 4.78 is 0. The van der Waals surface area contributed by atoms with E-state index in [4.69, 9.17) is 5.11 Å². The van der Waals surface area contributed by atoms with Gasteiger partial charge in [-0.15, -0.1) is 0 Å². The highest BCUT2D eigenvalue weighted by Crippen LogP contribution is 2.27. The Balaban J connectivity index is 2.03. The van der Waals surface area contributed by atoms with E-state index in [1.54, 1.807) is 0 Å². The highest BCUT2D eigenvalue weighted by molar-refractivity contribution is 4.72. The molecule has 0 aromatic carbocycles. The molecule has 1 fully saturated rings. The lowest BCUT2D eigenvalue weighted by Gasteiger charge is -2.27. The zero-order valence-electron chi connectivity index (χ0n) is 10.3. The van der Waals surface area contributed by atoms with Crippen molar-refractivity contribution in [3.63, 3.8) is 0 Å². The van der Waals surface area contributed by atoms with Crippen LogP contribution in [0.25, 0.3) is 0 Å². The van der Waals surface area contributed by atoms with Crippen LogP contribution in [0.3, 0.4) is 0 Å². The van der Waals surface area contributed by atoms with Crippen LogP contribution in [0.2, 0.25) is 0 Å². The van der Waals surface area contributed by atoms with Gasteiger partial charge in [-0.05, 0) is 50.1 Å². The molecule has 1 aliphatic rings. The lowest BCUT2D eigenvalue weighted by atomic mass is 9.82. The minimum absolute atomic E-state index is 0.323. The maximum absolute atomic E-state index is 8.79. The van der Waals surface area contributed by atoms with Gasteiger partial charge in [-0.25, -0.2) is 0 Å². The minimum Gasteiger partial charge on any atom is -0.396 e. The van der Waals surface area contributed by atoms with Crippen molar-refractivity contribution in [3.05, 3.63) is 0 Å². The molecule has 0 radical (unpaired) electrons. The zero-order valence-corrected chi connectivity index (χ0v) is 10.3. The molecule has 1 aliphatic carbocycles. The molecule has 90 valence electrons. The fraction of sp³-hybridized carbons (Fsp3) is 1.00. The van der Waals surface area contributed by atoms with Crippen molar-refractivity contribution in [2.24, 2.45) is 17.8 Å². The lowest BCUT2D eigenvalue weighted by molar-refractivity contribution is 0.249. The second-order valence-electron chi connectivity index (χ2n) is 5.41. The van der Waals surface area contributed by atoms with Gasteiger partial charge >= 0.3 is 0 Å². The van der Waals surface area contributed by atoms with Gasteiger partial charge in [-0.2, -0.15) is 0 Å². The molecule has 0 aromatic rings. The van der Waals surface area contributed by atoms with Gasteiger partial charge in [-0.1, -0.05) is 26.7 Å². The van der Waals surface area contributed by atoms with Crippen molar-refractivity contribution in [3.8, 4) is 0 Å². The molecule has 0 saturated heterocycles. The van der Waals surface area contributed by atoms with E-state index in [1.165, 1.54) is 32.2 Å². The van der Waals surface area contributed by atoms with Gasteiger partial charge in [0.1, 0.15) is 0 Å². The maximum Gasteiger partial charge on any atom is 0.0434 e. The minimum atomic E-state index is 0.323. The van der Waals surface area contributed by atoms with E-state index in [1.807, 2.05) is 0 Å². The molecular formula is C13H27NO. The van der Waals surface area contributed by atoms with Crippen molar-refractivity contribution in [2.45, 2.75) is 46.0 Å². The van der Waals surface area contributed by atoms with Crippen LogP contribution in [0.4, 0.5) is 0 Å². The second-order valence-corrected chi connectivity index (χ2v) is 5.41. The summed E-state index contributed by atoms with van der Waals surface area (Å²) in [6.45, 7) is 7.14. The quantitative estimate of drug-likeness (QED) is 0.710. The van der Waals surface area contributed by atoms with E-state index in [2.05, 4.69) is 19.2 Å². The summed E-state index contributed by atoms with van der Waals surface area (Å²) in [5, 5.41) is 12.3. The standard InChI is InChI=1S/C13H27NO/c1-11-4-3-5-13(8-11)10-14-9-12(2)6-7-15/h11-15H,3-10H2,1-2H3. The average Bonchev–Trinajstić information content (AvgIpc) is 2.18. The number of aliphatic hydroxyl groups is 1. The molecule has 3 unspecified atom stereocenters. The van der Waals surface area contributed by atoms with E-state index in [9.17, 15) is 0 Å². The van der Waals surface area contributed by atoms with Gasteiger partial charge in [0.05, 0.1) is 0 Å². The summed E-state index contributed by atoms with van der Waals surface area (Å²) >= 11 is 0. The van der Waals surface area contributed by atoms with Crippen molar-refractivity contribution in [2.75, 3.05) is 19.7 Å². The van der Waals surface area contributed by atoms with Crippen LogP contribution < -0.4 is 5.32 Å². The van der Waals surface area contributed by atoms with Crippen LogP contribution in [-0.2, 0) is 0 Å². The number of nitrogens with one attached hydrogen (secondary N) is 1. The van der Waals surface area contributed by atoms with Gasteiger partial charge in [0, 0.05) is 6.61 Å². The van der Waals surface area contributed by atoms with Gasteiger partial charge in [0.2, 0.25) is 0 Å². The fourth-order valence-electron chi connectivity index (χ4n) is 2.60. The van der Waals surface area contributed by atoms with E-state index >= 15 is 0 Å². The summed E-state index contributed by atoms with van der Waals surface area (Å²) in [4.78, 5) is 0. The Bertz CT molecular complexity index is 161. The van der Waals surface area contributed by atoms with E-state index < -0.39 is 0 Å². The predicted octanol–water partition coefficient (Wildman–Crippen LogP) is 2.42. The molecule has 3 atom stereocenters. The van der Waals surface area contributed by atoms with E-state index in [0.29, 0.717) is 12.5 Å². The highest BCUT2D eigenvalue weighted by atomic mass is 16.3. The second kappa shape index (κ2) is 7.24. The molecule has 0 amide bonds. The average molecular weight is 213 g/mol. The Morgan fingerprint density at radius 2 is 2.20 bits per heavy atom. The Kier molecular flexibility index (Phi) is 6.26. The molecule has 2 N–H and O–H groups in total. The first-order valence-corrected chi connectivity index (χ1v) is 6.54. The van der Waals surface area contributed by atoms with Crippen LogP contribution in [0.5, 0.6) is 0 Å². The van der Waals surface area contributed by atoms with Gasteiger partial charge < -0.3 is 10.4 Å². The predicted molar refractivity (Wildman–Crippen MR) is 64.9 cm³/mol. The topological polar surface area (TPSA) is 32.3 Å². The summed E-state index contributed by atoms with van der Waals surface area (Å²) in [7, 11) is 0. The molecule has 0 heterocycles. The summed E-state index contributed by atoms with van der Waals surface area (Å²) in [6.07, 6.45) is 6.58. The monoisotopic (exact) mass is 213 g/mol. The molecular weight excluding hydrogens is 186 g/mol. The molecule has 15 heavy (non-hydrogen) atoms. The fourth-order valence-corrected chi connectivity index (χ4v) is 2.60. The number of rotatable bonds is 6. The maximum atomic E-state index is 8.79. The van der Waals surface area contributed by atoms with Crippen molar-refractivity contribution < 1.29 is 5.11 Å². The SMILES string of the molecule is CC(CCO)CNCC1CCCC(C)C1. The Hall–Kier alpha value is -0.0800. The third-order valence-corrected chi connectivity index (χ3v) is 3.59. The molecule has 2 heteroatoms. The van der Waals surface area contributed by atoms with Crippen LogP contribution in [0.1, 0.15) is 46.0 Å². The smallest absolute Gasteiger partial charge is 0.0434 e. The Morgan fingerprint density at radius 1 is 1.40 bits per heavy atom. The summed E-state index contributed by atoms with van der Waals surface area (Å²) in [5.41, 5.74) is 0. The molecule has 0 aliphatic heterocycles. The van der Waals surface area contributed by atoms with Crippen LogP contribution in [0, 0.1) is 17.8 Å². The Morgan fingerprint density at radius 3 is 2.87 bits per heavy atom. The van der Waals surface area contributed by atoms with Gasteiger partial charge in [0.15, 0.2) is 0 Å². The van der Waals surface area contributed by atoms with Crippen molar-refractivity contribution in [1.82, 2.24) is 5.32 Å². The van der Waals surface area contributed by atoms with E-state index in [0.717, 1.165) is 24.8 Å². The highest BCUT2D eigenvalue weighted by Gasteiger charge is 2.18. The third kappa shape index (κ3) is 5.53.